The van der Waals surface area contributed by atoms with Crippen LogP contribution >= 0.6 is 0 Å². The number of carbonyl (C=O) groups is 3. The molecule has 1 aromatic rings. The average molecular weight is 317 g/mol. The van der Waals surface area contributed by atoms with Gasteiger partial charge in [-0.25, -0.2) is 0 Å². The standard InChI is InChI=1S/C17H23N3O3/c1-12(21)19-8-9-20(13(2)22)16(11-19)14-6-5-7-15(10-14)17(23)18(3)4/h5-7,10,16H,8-9,11H2,1-4H3/t16-/m1/s1. The second-order valence-corrected chi connectivity index (χ2v) is 6.02. The molecule has 0 bridgehead atoms. The lowest BCUT2D eigenvalue weighted by molar-refractivity contribution is -0.140. The fourth-order valence-electron chi connectivity index (χ4n) is 2.87. The Labute approximate surface area is 136 Å². The predicted octanol–water partition coefficient (Wildman–Crippen LogP) is 1.14. The first-order valence-corrected chi connectivity index (χ1v) is 7.65. The summed E-state index contributed by atoms with van der Waals surface area (Å²) in [6.07, 6.45) is 0. The van der Waals surface area contributed by atoms with Gasteiger partial charge in [-0.3, -0.25) is 14.4 Å². The van der Waals surface area contributed by atoms with E-state index in [0.717, 1.165) is 5.56 Å². The van der Waals surface area contributed by atoms with Crippen molar-refractivity contribution in [3.05, 3.63) is 35.4 Å². The lowest BCUT2D eigenvalue weighted by Crippen LogP contribution is -2.51. The van der Waals surface area contributed by atoms with Crippen LogP contribution in [0.5, 0.6) is 0 Å². The van der Waals surface area contributed by atoms with Gasteiger partial charge in [-0.05, 0) is 17.7 Å². The van der Waals surface area contributed by atoms with Gasteiger partial charge >= 0.3 is 0 Å². The van der Waals surface area contributed by atoms with E-state index in [4.69, 9.17) is 0 Å². The van der Waals surface area contributed by atoms with E-state index in [9.17, 15) is 14.4 Å². The van der Waals surface area contributed by atoms with Crippen LogP contribution in [0.25, 0.3) is 0 Å². The van der Waals surface area contributed by atoms with Crippen LogP contribution in [0.15, 0.2) is 24.3 Å². The number of nitrogens with zero attached hydrogens (tertiary/aromatic N) is 3. The summed E-state index contributed by atoms with van der Waals surface area (Å²) in [5.41, 5.74) is 1.45. The van der Waals surface area contributed by atoms with Crippen molar-refractivity contribution in [2.45, 2.75) is 19.9 Å². The molecule has 0 spiro atoms. The van der Waals surface area contributed by atoms with Gasteiger partial charge in [-0.2, -0.15) is 0 Å². The number of piperazine rings is 1. The van der Waals surface area contributed by atoms with E-state index >= 15 is 0 Å². The van der Waals surface area contributed by atoms with E-state index in [-0.39, 0.29) is 23.8 Å². The van der Waals surface area contributed by atoms with Crippen LogP contribution < -0.4 is 0 Å². The molecule has 0 radical (unpaired) electrons. The van der Waals surface area contributed by atoms with Crippen molar-refractivity contribution in [3.8, 4) is 0 Å². The lowest BCUT2D eigenvalue weighted by Gasteiger charge is -2.41. The molecule has 1 fully saturated rings. The highest BCUT2D eigenvalue weighted by Crippen LogP contribution is 2.26. The molecule has 1 heterocycles. The van der Waals surface area contributed by atoms with E-state index in [2.05, 4.69) is 0 Å². The minimum absolute atomic E-state index is 0.00118. The number of rotatable bonds is 2. The first-order valence-electron chi connectivity index (χ1n) is 7.65. The zero-order chi connectivity index (χ0) is 17.1. The van der Waals surface area contributed by atoms with Gasteiger partial charge in [0.1, 0.15) is 0 Å². The minimum Gasteiger partial charge on any atom is -0.345 e. The lowest BCUT2D eigenvalue weighted by atomic mass is 9.99. The van der Waals surface area contributed by atoms with Crippen molar-refractivity contribution >= 4 is 17.7 Å². The molecule has 0 unspecified atom stereocenters. The maximum absolute atomic E-state index is 12.1. The summed E-state index contributed by atoms with van der Waals surface area (Å²) < 4.78 is 0. The van der Waals surface area contributed by atoms with Gasteiger partial charge in [0.15, 0.2) is 0 Å². The van der Waals surface area contributed by atoms with Crippen molar-refractivity contribution in [3.63, 3.8) is 0 Å². The predicted molar refractivity (Wildman–Crippen MR) is 86.8 cm³/mol. The number of benzene rings is 1. The maximum Gasteiger partial charge on any atom is 0.253 e. The molecule has 1 atom stereocenters. The molecular formula is C17H23N3O3. The van der Waals surface area contributed by atoms with Gasteiger partial charge in [-0.15, -0.1) is 0 Å². The Hall–Kier alpha value is -2.37. The van der Waals surface area contributed by atoms with Crippen molar-refractivity contribution < 1.29 is 14.4 Å². The summed E-state index contributed by atoms with van der Waals surface area (Å²) in [4.78, 5) is 40.8. The smallest absolute Gasteiger partial charge is 0.253 e. The van der Waals surface area contributed by atoms with Crippen LogP contribution in [0.1, 0.15) is 35.8 Å². The summed E-state index contributed by atoms with van der Waals surface area (Å²) in [7, 11) is 3.41. The summed E-state index contributed by atoms with van der Waals surface area (Å²) in [5, 5.41) is 0. The van der Waals surface area contributed by atoms with Crippen molar-refractivity contribution in [1.29, 1.82) is 0 Å². The van der Waals surface area contributed by atoms with Crippen LogP contribution in [0.2, 0.25) is 0 Å². The number of amides is 3. The Bertz CT molecular complexity index is 627. The number of hydrogen-bond donors (Lipinski definition) is 0. The van der Waals surface area contributed by atoms with Gasteiger partial charge in [0.2, 0.25) is 11.8 Å². The second kappa shape index (κ2) is 6.81. The highest BCUT2D eigenvalue weighted by atomic mass is 16.2. The summed E-state index contributed by atoms with van der Waals surface area (Å²) in [6.45, 7) is 4.57. The molecule has 0 aromatic heterocycles. The van der Waals surface area contributed by atoms with Crippen molar-refractivity contribution in [2.24, 2.45) is 0 Å². The molecule has 0 N–H and O–H groups in total. The molecule has 23 heavy (non-hydrogen) atoms. The Morgan fingerprint density at radius 3 is 2.35 bits per heavy atom. The zero-order valence-electron chi connectivity index (χ0n) is 14.1. The van der Waals surface area contributed by atoms with Gasteiger partial charge in [0.25, 0.3) is 5.91 Å². The van der Waals surface area contributed by atoms with Gasteiger partial charge in [0.05, 0.1) is 6.04 Å². The van der Waals surface area contributed by atoms with Gasteiger partial charge < -0.3 is 14.7 Å². The highest BCUT2D eigenvalue weighted by molar-refractivity contribution is 5.94. The molecule has 1 aromatic carbocycles. The quantitative estimate of drug-likeness (QED) is 0.822. The molecular weight excluding hydrogens is 294 g/mol. The normalized spacial score (nSPS) is 17.8. The van der Waals surface area contributed by atoms with E-state index in [1.807, 2.05) is 18.2 Å². The largest absolute Gasteiger partial charge is 0.345 e. The number of hydrogen-bond acceptors (Lipinski definition) is 3. The molecule has 1 saturated heterocycles. The van der Waals surface area contributed by atoms with E-state index in [0.29, 0.717) is 25.2 Å². The first kappa shape index (κ1) is 17.0. The van der Waals surface area contributed by atoms with Gasteiger partial charge in [0, 0.05) is 53.1 Å². The summed E-state index contributed by atoms with van der Waals surface area (Å²) in [6, 6.07) is 7.07. The van der Waals surface area contributed by atoms with Crippen LogP contribution in [0.3, 0.4) is 0 Å². The zero-order valence-corrected chi connectivity index (χ0v) is 14.1. The molecule has 0 saturated carbocycles. The molecule has 124 valence electrons. The van der Waals surface area contributed by atoms with Crippen LogP contribution in [-0.2, 0) is 9.59 Å². The topological polar surface area (TPSA) is 60.9 Å². The third-order valence-electron chi connectivity index (χ3n) is 4.15. The van der Waals surface area contributed by atoms with Crippen molar-refractivity contribution in [2.75, 3.05) is 33.7 Å². The minimum atomic E-state index is -0.222. The van der Waals surface area contributed by atoms with Crippen LogP contribution in [-0.4, -0.2) is 66.2 Å². The monoisotopic (exact) mass is 317 g/mol. The van der Waals surface area contributed by atoms with Crippen LogP contribution in [0.4, 0.5) is 0 Å². The molecule has 3 amide bonds. The Morgan fingerprint density at radius 1 is 1.09 bits per heavy atom. The Kier molecular flexibility index (Phi) is 5.03. The van der Waals surface area contributed by atoms with Gasteiger partial charge in [-0.1, -0.05) is 12.1 Å². The third-order valence-corrected chi connectivity index (χ3v) is 4.15. The van der Waals surface area contributed by atoms with Crippen molar-refractivity contribution in [1.82, 2.24) is 14.7 Å². The third kappa shape index (κ3) is 3.70. The fourth-order valence-corrected chi connectivity index (χ4v) is 2.87. The van der Waals surface area contributed by atoms with E-state index < -0.39 is 0 Å². The van der Waals surface area contributed by atoms with E-state index in [1.165, 1.54) is 18.7 Å². The average Bonchev–Trinajstić information content (AvgIpc) is 2.53. The Balaban J connectivity index is 2.35. The molecule has 1 aliphatic heterocycles. The highest BCUT2D eigenvalue weighted by Gasteiger charge is 2.31. The fraction of sp³-hybridized carbons (Fsp3) is 0.471. The Morgan fingerprint density at radius 2 is 1.78 bits per heavy atom. The maximum atomic E-state index is 12.1. The molecule has 1 aliphatic rings. The van der Waals surface area contributed by atoms with E-state index in [1.54, 1.807) is 30.0 Å². The number of carbonyl (C=O) groups excluding carboxylic acids is 3. The van der Waals surface area contributed by atoms with Crippen LogP contribution in [0, 0.1) is 0 Å². The summed E-state index contributed by atoms with van der Waals surface area (Å²) in [5.74, 6) is -0.110. The molecule has 2 rings (SSSR count). The second-order valence-electron chi connectivity index (χ2n) is 6.02. The first-order chi connectivity index (χ1) is 10.8. The SMILES string of the molecule is CC(=O)N1CCN(C(C)=O)[C@@H](c2cccc(C(=O)N(C)C)c2)C1. The summed E-state index contributed by atoms with van der Waals surface area (Å²) >= 11 is 0. The molecule has 6 heteroatoms. The molecule has 6 nitrogen and oxygen atoms in total. The molecule has 0 aliphatic carbocycles.